The Hall–Kier alpha value is -2.04. The normalized spacial score (nSPS) is 18.9. The number of urea groups is 1. The van der Waals surface area contributed by atoms with Crippen molar-refractivity contribution in [1.29, 1.82) is 0 Å². The van der Waals surface area contributed by atoms with Crippen molar-refractivity contribution >= 4 is 17.6 Å². The van der Waals surface area contributed by atoms with E-state index in [1.807, 2.05) is 6.92 Å². The molecule has 1 aromatic rings. The second-order valence-electron chi connectivity index (χ2n) is 4.34. The van der Waals surface area contributed by atoms with Gasteiger partial charge in [-0.2, -0.15) is 0 Å². The van der Waals surface area contributed by atoms with Crippen LogP contribution in [0.2, 0.25) is 0 Å². The molecule has 0 spiro atoms. The zero-order valence-corrected chi connectivity index (χ0v) is 10.5. The average molecular weight is 248 g/mol. The van der Waals surface area contributed by atoms with Crippen LogP contribution in [-0.2, 0) is 4.79 Å². The van der Waals surface area contributed by atoms with E-state index in [2.05, 4.69) is 5.32 Å². The van der Waals surface area contributed by atoms with Crippen LogP contribution >= 0.6 is 0 Å². The maximum atomic E-state index is 11.9. The first-order chi connectivity index (χ1) is 8.61. The molecule has 18 heavy (non-hydrogen) atoms. The molecular weight excluding hydrogens is 232 g/mol. The smallest absolute Gasteiger partial charge is 0.328 e. The molecule has 0 bridgehead atoms. The number of imide groups is 1. The van der Waals surface area contributed by atoms with Crippen LogP contribution in [0.15, 0.2) is 24.3 Å². The van der Waals surface area contributed by atoms with Gasteiger partial charge in [0, 0.05) is 18.2 Å². The summed E-state index contributed by atoms with van der Waals surface area (Å²) in [6, 6.07) is 6.62. The van der Waals surface area contributed by atoms with Crippen molar-refractivity contribution in [3.05, 3.63) is 24.3 Å². The van der Waals surface area contributed by atoms with Crippen LogP contribution in [-0.4, -0.2) is 30.5 Å². The number of nitrogens with zero attached hydrogens (tertiary/aromatic N) is 1. The van der Waals surface area contributed by atoms with E-state index in [1.165, 1.54) is 4.90 Å². The molecule has 0 radical (unpaired) electrons. The average Bonchev–Trinajstić information content (AvgIpc) is 2.71. The molecule has 3 amide bonds. The summed E-state index contributed by atoms with van der Waals surface area (Å²) in [5.74, 6) is 0.548. The molecule has 1 unspecified atom stereocenters. The van der Waals surface area contributed by atoms with Gasteiger partial charge in [0.25, 0.3) is 0 Å². The number of anilines is 1. The molecular formula is C13H16N2O3. The molecule has 96 valence electrons. The molecule has 1 atom stereocenters. The van der Waals surface area contributed by atoms with Gasteiger partial charge in [-0.25, -0.2) is 4.79 Å². The van der Waals surface area contributed by atoms with Crippen molar-refractivity contribution in [3.8, 4) is 5.75 Å². The number of ether oxygens (including phenoxy) is 1. The Morgan fingerprint density at radius 1 is 1.39 bits per heavy atom. The summed E-state index contributed by atoms with van der Waals surface area (Å²) in [4.78, 5) is 24.8. The number of methoxy groups -OCH3 is 1. The van der Waals surface area contributed by atoms with E-state index >= 15 is 0 Å². The van der Waals surface area contributed by atoms with Gasteiger partial charge in [-0.1, -0.05) is 6.92 Å². The van der Waals surface area contributed by atoms with E-state index < -0.39 is 0 Å². The maximum absolute atomic E-state index is 11.9. The topological polar surface area (TPSA) is 58.6 Å². The predicted octanol–water partition coefficient (Wildman–Crippen LogP) is 2.10. The Bertz CT molecular complexity index is 456. The zero-order chi connectivity index (χ0) is 13.1. The summed E-state index contributed by atoms with van der Waals surface area (Å²) >= 11 is 0. The lowest BCUT2D eigenvalue weighted by Crippen LogP contribution is -2.36. The molecule has 0 saturated carbocycles. The number of carbonyl (C=O) groups is 2. The Balaban J connectivity index is 2.00. The standard InChI is InChI=1S/C13H16N2O3/c1-9-7-8-15(12(9)16)13(17)14-10-3-5-11(18-2)6-4-10/h3-6,9H,7-8H2,1-2H3,(H,14,17). The first-order valence-corrected chi connectivity index (χ1v) is 5.88. The minimum atomic E-state index is -0.366. The summed E-state index contributed by atoms with van der Waals surface area (Å²) in [5.41, 5.74) is 0.646. The van der Waals surface area contributed by atoms with E-state index in [4.69, 9.17) is 4.74 Å². The van der Waals surface area contributed by atoms with Crippen molar-refractivity contribution in [2.24, 2.45) is 5.92 Å². The monoisotopic (exact) mass is 248 g/mol. The Labute approximate surface area is 106 Å². The summed E-state index contributed by atoms with van der Waals surface area (Å²) in [6.07, 6.45) is 0.731. The molecule has 1 aliphatic heterocycles. The fraction of sp³-hybridized carbons (Fsp3) is 0.385. The van der Waals surface area contributed by atoms with Gasteiger partial charge in [0.05, 0.1) is 7.11 Å². The highest BCUT2D eigenvalue weighted by atomic mass is 16.5. The number of carbonyl (C=O) groups excluding carboxylic acids is 2. The first-order valence-electron chi connectivity index (χ1n) is 5.88. The summed E-state index contributed by atoms with van der Waals surface area (Å²) in [6.45, 7) is 2.32. The molecule has 0 aliphatic carbocycles. The van der Waals surface area contributed by atoms with Gasteiger partial charge in [-0.15, -0.1) is 0 Å². The summed E-state index contributed by atoms with van der Waals surface area (Å²) in [7, 11) is 1.58. The van der Waals surface area contributed by atoms with Crippen molar-refractivity contribution in [1.82, 2.24) is 4.90 Å². The van der Waals surface area contributed by atoms with Crippen LogP contribution in [0.3, 0.4) is 0 Å². The lowest BCUT2D eigenvalue weighted by Gasteiger charge is -2.15. The Morgan fingerprint density at radius 2 is 2.06 bits per heavy atom. The van der Waals surface area contributed by atoms with E-state index in [0.717, 1.165) is 12.2 Å². The summed E-state index contributed by atoms with van der Waals surface area (Å²) in [5, 5.41) is 2.70. The highest BCUT2D eigenvalue weighted by Crippen LogP contribution is 2.19. The lowest BCUT2D eigenvalue weighted by atomic mass is 10.1. The maximum Gasteiger partial charge on any atom is 0.328 e. The number of benzene rings is 1. The van der Waals surface area contributed by atoms with Crippen LogP contribution in [0.25, 0.3) is 0 Å². The quantitative estimate of drug-likeness (QED) is 0.871. The molecule has 1 aromatic carbocycles. The molecule has 5 heteroatoms. The fourth-order valence-electron chi connectivity index (χ4n) is 1.89. The zero-order valence-electron chi connectivity index (χ0n) is 10.5. The Morgan fingerprint density at radius 3 is 2.56 bits per heavy atom. The number of hydrogen-bond acceptors (Lipinski definition) is 3. The van der Waals surface area contributed by atoms with E-state index in [0.29, 0.717) is 12.2 Å². The highest BCUT2D eigenvalue weighted by Gasteiger charge is 2.32. The third-order valence-electron chi connectivity index (χ3n) is 3.06. The lowest BCUT2D eigenvalue weighted by molar-refractivity contribution is -0.127. The van der Waals surface area contributed by atoms with Crippen LogP contribution in [0.4, 0.5) is 10.5 Å². The second-order valence-corrected chi connectivity index (χ2v) is 4.34. The molecule has 1 N–H and O–H groups in total. The van der Waals surface area contributed by atoms with Crippen molar-refractivity contribution in [3.63, 3.8) is 0 Å². The molecule has 1 saturated heterocycles. The van der Waals surface area contributed by atoms with Gasteiger partial charge in [-0.3, -0.25) is 9.69 Å². The van der Waals surface area contributed by atoms with Crippen molar-refractivity contribution in [2.45, 2.75) is 13.3 Å². The van der Waals surface area contributed by atoms with Crippen LogP contribution in [0.5, 0.6) is 5.75 Å². The third-order valence-corrected chi connectivity index (χ3v) is 3.06. The molecule has 1 aliphatic rings. The van der Waals surface area contributed by atoms with E-state index in [1.54, 1.807) is 31.4 Å². The number of likely N-dealkylation sites (tertiary alicyclic amines) is 1. The molecule has 0 aromatic heterocycles. The molecule has 2 rings (SSSR count). The molecule has 5 nitrogen and oxygen atoms in total. The van der Waals surface area contributed by atoms with Gasteiger partial charge in [0.15, 0.2) is 0 Å². The number of nitrogens with one attached hydrogen (secondary N) is 1. The van der Waals surface area contributed by atoms with E-state index in [9.17, 15) is 9.59 Å². The highest BCUT2D eigenvalue weighted by molar-refractivity contribution is 6.02. The molecule has 1 heterocycles. The second kappa shape index (κ2) is 5.08. The number of rotatable bonds is 2. The first kappa shape index (κ1) is 12.4. The van der Waals surface area contributed by atoms with Gasteiger partial charge in [-0.05, 0) is 30.7 Å². The van der Waals surface area contributed by atoms with E-state index in [-0.39, 0.29) is 17.9 Å². The van der Waals surface area contributed by atoms with Crippen LogP contribution in [0.1, 0.15) is 13.3 Å². The minimum Gasteiger partial charge on any atom is -0.497 e. The van der Waals surface area contributed by atoms with Gasteiger partial charge < -0.3 is 10.1 Å². The fourth-order valence-corrected chi connectivity index (χ4v) is 1.89. The predicted molar refractivity (Wildman–Crippen MR) is 67.5 cm³/mol. The van der Waals surface area contributed by atoms with Gasteiger partial charge in [0.1, 0.15) is 5.75 Å². The van der Waals surface area contributed by atoms with Gasteiger partial charge in [0.2, 0.25) is 5.91 Å². The van der Waals surface area contributed by atoms with Crippen LogP contribution < -0.4 is 10.1 Å². The number of amides is 3. The van der Waals surface area contributed by atoms with Crippen LogP contribution in [0, 0.1) is 5.92 Å². The Kier molecular flexibility index (Phi) is 3.50. The largest absolute Gasteiger partial charge is 0.497 e. The van der Waals surface area contributed by atoms with Crippen molar-refractivity contribution in [2.75, 3.05) is 19.0 Å². The molecule has 1 fully saturated rings. The number of hydrogen-bond donors (Lipinski definition) is 1. The van der Waals surface area contributed by atoms with Gasteiger partial charge >= 0.3 is 6.03 Å². The summed E-state index contributed by atoms with van der Waals surface area (Å²) < 4.78 is 5.03. The van der Waals surface area contributed by atoms with Crippen molar-refractivity contribution < 1.29 is 14.3 Å². The third kappa shape index (κ3) is 2.45. The SMILES string of the molecule is COc1ccc(NC(=O)N2CCC(C)C2=O)cc1. The minimum absolute atomic E-state index is 0.0633.